The molecule has 0 bridgehead atoms. The number of ether oxygens (including phenoxy) is 2. The minimum absolute atomic E-state index is 0.226. The number of amides is 1. The number of nitrogens with zero attached hydrogens (tertiary/aromatic N) is 2. The van der Waals surface area contributed by atoms with Crippen LogP contribution in [0.15, 0.2) is 42.5 Å². The van der Waals surface area contributed by atoms with Crippen molar-refractivity contribution >= 4 is 29.0 Å². The minimum atomic E-state index is -1.39. The smallest absolute Gasteiger partial charge is 0.337 e. The Bertz CT molecular complexity index is 1820. The molecule has 0 radical (unpaired) electrons. The zero-order chi connectivity index (χ0) is 32.6. The number of aryl methyl sites for hydroxylation is 2. The number of fused-ring (bicyclic) bond motifs is 2. The molecule has 0 saturated heterocycles. The molecule has 4 aromatic rings. The zero-order valence-electron chi connectivity index (χ0n) is 26.3. The molecule has 2 aromatic carbocycles. The van der Waals surface area contributed by atoms with Crippen molar-refractivity contribution in [2.45, 2.75) is 65.7 Å². The molecule has 0 spiro atoms. The summed E-state index contributed by atoms with van der Waals surface area (Å²) in [5.41, 5.74) is 4.45. The van der Waals surface area contributed by atoms with E-state index in [0.29, 0.717) is 52.1 Å². The molecule has 2 aromatic heterocycles. The third-order valence-electron chi connectivity index (χ3n) is 7.89. The van der Waals surface area contributed by atoms with Gasteiger partial charge in [-0.05, 0) is 94.5 Å². The van der Waals surface area contributed by atoms with E-state index in [9.17, 15) is 19.1 Å². The molecule has 1 aliphatic heterocycles. The average Bonchev–Trinajstić information content (AvgIpc) is 3.30. The van der Waals surface area contributed by atoms with Gasteiger partial charge in [0.25, 0.3) is 0 Å². The van der Waals surface area contributed by atoms with Crippen LogP contribution in [-0.4, -0.2) is 38.7 Å². The van der Waals surface area contributed by atoms with Crippen molar-refractivity contribution in [2.75, 3.05) is 6.61 Å². The van der Waals surface area contributed by atoms with Gasteiger partial charge in [0, 0.05) is 53.1 Å². The fourth-order valence-electron chi connectivity index (χ4n) is 5.76. The number of hydrogen-bond donors (Lipinski definition) is 2. The van der Waals surface area contributed by atoms with E-state index in [1.807, 2.05) is 13.0 Å². The maximum absolute atomic E-state index is 15.6. The second-order valence-electron chi connectivity index (χ2n) is 12.3. The molecule has 45 heavy (non-hydrogen) atoms. The van der Waals surface area contributed by atoms with Gasteiger partial charge in [0.15, 0.2) is 17.7 Å². The molecule has 0 unspecified atom stereocenters. The van der Waals surface area contributed by atoms with Crippen molar-refractivity contribution in [2.24, 2.45) is 7.05 Å². The summed E-state index contributed by atoms with van der Waals surface area (Å²) < 4.78 is 42.4. The van der Waals surface area contributed by atoms with E-state index < -0.39 is 23.5 Å². The number of rotatable bonds is 8. The molecular formula is C35H37F2N3O5. The van der Waals surface area contributed by atoms with Gasteiger partial charge in [-0.2, -0.15) is 0 Å². The van der Waals surface area contributed by atoms with Gasteiger partial charge in [-0.15, -0.1) is 0 Å². The Morgan fingerprint density at radius 3 is 2.56 bits per heavy atom. The van der Waals surface area contributed by atoms with Crippen LogP contribution in [0.3, 0.4) is 0 Å². The summed E-state index contributed by atoms with van der Waals surface area (Å²) in [6.07, 6.45) is 3.00. The molecular weight excluding hydrogens is 580 g/mol. The van der Waals surface area contributed by atoms with E-state index in [-0.39, 0.29) is 24.0 Å². The third-order valence-corrected chi connectivity index (χ3v) is 7.89. The van der Waals surface area contributed by atoms with E-state index in [4.69, 9.17) is 14.5 Å². The number of hydrogen-bond acceptors (Lipinski definition) is 5. The van der Waals surface area contributed by atoms with Crippen LogP contribution >= 0.6 is 0 Å². The van der Waals surface area contributed by atoms with Crippen LogP contribution in [0.25, 0.3) is 28.2 Å². The second-order valence-corrected chi connectivity index (χ2v) is 12.3. The van der Waals surface area contributed by atoms with Crippen LogP contribution in [0, 0.1) is 25.5 Å². The number of carboxylic acids is 1. The van der Waals surface area contributed by atoms with Gasteiger partial charge in [-0.1, -0.05) is 12.1 Å². The number of carboxylic acid groups (broad SMARTS) is 1. The lowest BCUT2D eigenvalue weighted by Gasteiger charge is -2.29. The monoisotopic (exact) mass is 617 g/mol. The molecule has 2 N–H and O–H groups in total. The Morgan fingerprint density at radius 1 is 1.18 bits per heavy atom. The van der Waals surface area contributed by atoms with Crippen LogP contribution < -0.4 is 10.1 Å². The van der Waals surface area contributed by atoms with Gasteiger partial charge in [-0.25, -0.2) is 18.6 Å². The summed E-state index contributed by atoms with van der Waals surface area (Å²) >= 11 is 0. The molecule has 236 valence electrons. The third kappa shape index (κ3) is 6.61. The first kappa shape index (κ1) is 31.8. The number of nitrogens with one attached hydrogen (secondary N) is 1. The second kappa shape index (κ2) is 12.4. The maximum Gasteiger partial charge on any atom is 0.337 e. The number of carbonyl (C=O) groups is 2. The lowest BCUT2D eigenvalue weighted by Crippen LogP contribution is -2.28. The quantitative estimate of drug-likeness (QED) is 0.213. The highest BCUT2D eigenvalue weighted by atomic mass is 19.1. The summed E-state index contributed by atoms with van der Waals surface area (Å²) in [6, 6.07) is 9.08. The van der Waals surface area contributed by atoms with Gasteiger partial charge in [0.2, 0.25) is 5.91 Å². The number of aromatic nitrogens is 2. The van der Waals surface area contributed by atoms with Gasteiger partial charge >= 0.3 is 5.97 Å². The Kier molecular flexibility index (Phi) is 8.80. The highest BCUT2D eigenvalue weighted by Crippen LogP contribution is 2.44. The molecule has 0 aliphatic carbocycles. The molecule has 1 atom stereocenters. The number of halogens is 2. The van der Waals surface area contributed by atoms with Crippen LogP contribution in [0.5, 0.6) is 5.75 Å². The van der Waals surface area contributed by atoms with Gasteiger partial charge < -0.3 is 24.5 Å². The summed E-state index contributed by atoms with van der Waals surface area (Å²) in [4.78, 5) is 30.2. The largest absolute Gasteiger partial charge is 0.490 e. The lowest BCUT2D eigenvalue weighted by molar-refractivity contribution is -0.160. The number of carbonyl (C=O) groups excluding carboxylic acids is 1. The van der Waals surface area contributed by atoms with Crippen LogP contribution in [0.1, 0.15) is 66.9 Å². The summed E-state index contributed by atoms with van der Waals surface area (Å²) in [5, 5.41) is 13.8. The Labute approximate surface area is 260 Å². The molecule has 3 heterocycles. The molecule has 8 nitrogen and oxygen atoms in total. The lowest BCUT2D eigenvalue weighted by atomic mass is 9.86. The fraction of sp³-hybridized carbons (Fsp3) is 0.343. The molecule has 0 fully saturated rings. The van der Waals surface area contributed by atoms with Crippen molar-refractivity contribution in [3.05, 3.63) is 87.8 Å². The van der Waals surface area contributed by atoms with Crippen molar-refractivity contribution < 1.29 is 33.0 Å². The first-order valence-electron chi connectivity index (χ1n) is 14.8. The van der Waals surface area contributed by atoms with Gasteiger partial charge in [0.1, 0.15) is 11.5 Å². The Morgan fingerprint density at radius 2 is 1.89 bits per heavy atom. The SMILES string of the molecule is Cc1nc2c(cc(/C=C/C(=O)NCc3ccc(F)cc3)n2C)c(-c2cc(F)c3c(c2C)CCCO3)c1[C@H](OC(C)(C)C)C(=O)O. The Hall–Kier alpha value is -4.57. The molecule has 1 amide bonds. The number of aliphatic carboxylic acids is 1. The van der Waals surface area contributed by atoms with E-state index in [1.165, 1.54) is 24.3 Å². The van der Waals surface area contributed by atoms with Crippen LogP contribution in [0.4, 0.5) is 8.78 Å². The maximum atomic E-state index is 15.6. The Balaban J connectivity index is 1.66. The summed E-state index contributed by atoms with van der Waals surface area (Å²) in [5.74, 6) is -2.18. The van der Waals surface area contributed by atoms with Crippen LogP contribution in [-0.2, 0) is 34.3 Å². The highest BCUT2D eigenvalue weighted by Gasteiger charge is 2.34. The van der Waals surface area contributed by atoms with Crippen molar-refractivity contribution in [1.29, 1.82) is 0 Å². The topological polar surface area (TPSA) is 103 Å². The number of pyridine rings is 1. The molecule has 1 aliphatic rings. The predicted molar refractivity (Wildman–Crippen MR) is 168 cm³/mol. The minimum Gasteiger partial charge on any atom is -0.490 e. The highest BCUT2D eigenvalue weighted by molar-refractivity contribution is 6.01. The van der Waals surface area contributed by atoms with Crippen molar-refractivity contribution in [3.8, 4) is 16.9 Å². The van der Waals surface area contributed by atoms with E-state index in [2.05, 4.69) is 5.32 Å². The van der Waals surface area contributed by atoms with E-state index in [0.717, 1.165) is 23.1 Å². The zero-order valence-corrected chi connectivity index (χ0v) is 26.3. The first-order chi connectivity index (χ1) is 21.2. The van der Waals surface area contributed by atoms with Crippen molar-refractivity contribution in [3.63, 3.8) is 0 Å². The first-order valence-corrected chi connectivity index (χ1v) is 14.8. The van der Waals surface area contributed by atoms with Crippen molar-refractivity contribution in [1.82, 2.24) is 14.9 Å². The molecule has 10 heteroatoms. The van der Waals surface area contributed by atoms with E-state index in [1.54, 1.807) is 57.5 Å². The summed E-state index contributed by atoms with van der Waals surface area (Å²) in [6.45, 7) is 9.60. The summed E-state index contributed by atoms with van der Waals surface area (Å²) in [7, 11) is 1.79. The van der Waals surface area contributed by atoms with Gasteiger partial charge in [0.05, 0.1) is 12.2 Å². The molecule has 0 saturated carbocycles. The predicted octanol–water partition coefficient (Wildman–Crippen LogP) is 6.73. The fourth-order valence-corrected chi connectivity index (χ4v) is 5.76. The van der Waals surface area contributed by atoms with Gasteiger partial charge in [-0.3, -0.25) is 4.79 Å². The average molecular weight is 618 g/mol. The normalized spacial score (nSPS) is 14.0. The standard InChI is InChI=1S/C35H37F2N3O5/c1-19-24-8-7-15-44-31(24)27(37)17-25(19)30-26-16-23(13-14-28(41)38-18-21-9-11-22(36)12-10-21)40(6)33(26)39-20(2)29(30)32(34(42)43)45-35(3,4)5/h9-14,16-17,32H,7-8,15,18H2,1-6H3,(H,38,41)(H,42,43)/b14-13+/t32-/m0/s1. The number of benzene rings is 2. The van der Waals surface area contributed by atoms with E-state index >= 15 is 4.39 Å². The molecule has 5 rings (SSSR count). The van der Waals surface area contributed by atoms with Crippen LogP contribution in [0.2, 0.25) is 0 Å².